The van der Waals surface area contributed by atoms with Gasteiger partial charge in [0.1, 0.15) is 15.4 Å². The van der Waals surface area contributed by atoms with Crippen LogP contribution in [-0.4, -0.2) is 4.98 Å². The average Bonchev–Trinajstić information content (AvgIpc) is 2.51. The highest BCUT2D eigenvalue weighted by molar-refractivity contribution is 9.10. The standard InChI is InChI=1S/C9H4BrClFNS/c10-8-4-14-9(13-8)6-2-1-5(12)3-7(6)11/h1-4H. The molecule has 2 aromatic rings. The molecule has 0 bridgehead atoms. The molecule has 0 atom stereocenters. The van der Waals surface area contributed by atoms with Gasteiger partial charge >= 0.3 is 0 Å². The fraction of sp³-hybridized carbons (Fsp3) is 0. The Balaban J connectivity index is 2.52. The van der Waals surface area contributed by atoms with E-state index in [9.17, 15) is 4.39 Å². The van der Waals surface area contributed by atoms with Crippen molar-refractivity contribution in [2.75, 3.05) is 0 Å². The average molecular weight is 293 g/mol. The number of halogens is 3. The minimum atomic E-state index is -0.339. The lowest BCUT2D eigenvalue weighted by molar-refractivity contribution is 0.628. The maximum absolute atomic E-state index is 12.8. The molecule has 5 heteroatoms. The van der Waals surface area contributed by atoms with Crippen LogP contribution in [0.4, 0.5) is 4.39 Å². The van der Waals surface area contributed by atoms with Crippen LogP contribution >= 0.6 is 38.9 Å². The summed E-state index contributed by atoms with van der Waals surface area (Å²) < 4.78 is 13.5. The molecule has 0 aliphatic rings. The van der Waals surface area contributed by atoms with Crippen molar-refractivity contribution in [2.45, 2.75) is 0 Å². The minimum absolute atomic E-state index is 0.339. The Morgan fingerprint density at radius 2 is 2.21 bits per heavy atom. The van der Waals surface area contributed by atoms with E-state index in [1.165, 1.54) is 23.5 Å². The molecule has 0 aliphatic carbocycles. The zero-order valence-electron chi connectivity index (χ0n) is 6.80. The van der Waals surface area contributed by atoms with E-state index in [0.717, 1.165) is 15.2 Å². The van der Waals surface area contributed by atoms with Crippen molar-refractivity contribution in [3.63, 3.8) is 0 Å². The van der Waals surface area contributed by atoms with E-state index in [1.807, 2.05) is 5.38 Å². The van der Waals surface area contributed by atoms with Gasteiger partial charge in [0.15, 0.2) is 0 Å². The van der Waals surface area contributed by atoms with Crippen molar-refractivity contribution in [3.8, 4) is 10.6 Å². The number of aromatic nitrogens is 1. The van der Waals surface area contributed by atoms with Crippen molar-refractivity contribution in [1.29, 1.82) is 0 Å². The van der Waals surface area contributed by atoms with Gasteiger partial charge < -0.3 is 0 Å². The predicted octanol–water partition coefficient (Wildman–Crippen LogP) is 4.37. The van der Waals surface area contributed by atoms with E-state index >= 15 is 0 Å². The van der Waals surface area contributed by atoms with E-state index in [1.54, 1.807) is 6.07 Å². The summed E-state index contributed by atoms with van der Waals surface area (Å²) in [6.07, 6.45) is 0. The summed E-state index contributed by atoms with van der Waals surface area (Å²) in [6, 6.07) is 4.28. The SMILES string of the molecule is Fc1ccc(-c2nc(Br)cs2)c(Cl)c1. The third-order valence-electron chi connectivity index (χ3n) is 1.64. The molecule has 14 heavy (non-hydrogen) atoms. The fourth-order valence-electron chi connectivity index (χ4n) is 1.04. The van der Waals surface area contributed by atoms with E-state index in [4.69, 9.17) is 11.6 Å². The van der Waals surface area contributed by atoms with Crippen molar-refractivity contribution in [3.05, 3.63) is 39.0 Å². The highest BCUT2D eigenvalue weighted by atomic mass is 79.9. The summed E-state index contributed by atoms with van der Waals surface area (Å²) in [4.78, 5) is 4.20. The van der Waals surface area contributed by atoms with Gasteiger partial charge in [-0.05, 0) is 34.1 Å². The lowest BCUT2D eigenvalue weighted by Crippen LogP contribution is -1.80. The molecule has 0 fully saturated rings. The lowest BCUT2D eigenvalue weighted by atomic mass is 10.2. The Morgan fingerprint density at radius 3 is 2.79 bits per heavy atom. The molecule has 1 nitrogen and oxygen atoms in total. The Bertz CT molecular complexity index is 472. The maximum Gasteiger partial charge on any atom is 0.126 e. The van der Waals surface area contributed by atoms with Crippen LogP contribution in [0, 0.1) is 5.82 Å². The Hall–Kier alpha value is -0.450. The van der Waals surface area contributed by atoms with Gasteiger partial charge in [-0.2, -0.15) is 0 Å². The Kier molecular flexibility index (Phi) is 2.85. The molecule has 72 valence electrons. The number of benzene rings is 1. The third kappa shape index (κ3) is 1.97. The summed E-state index contributed by atoms with van der Waals surface area (Å²) in [5.74, 6) is -0.339. The van der Waals surface area contributed by atoms with E-state index in [-0.39, 0.29) is 5.82 Å². The topological polar surface area (TPSA) is 12.9 Å². The first-order chi connectivity index (χ1) is 6.66. The first-order valence-corrected chi connectivity index (χ1v) is 5.78. The predicted molar refractivity (Wildman–Crippen MR) is 60.2 cm³/mol. The highest BCUT2D eigenvalue weighted by Crippen LogP contribution is 2.31. The quantitative estimate of drug-likeness (QED) is 0.761. The first-order valence-electron chi connectivity index (χ1n) is 3.73. The normalized spacial score (nSPS) is 10.5. The third-order valence-corrected chi connectivity index (χ3v) is 3.54. The van der Waals surface area contributed by atoms with Crippen LogP contribution in [-0.2, 0) is 0 Å². The highest BCUT2D eigenvalue weighted by Gasteiger charge is 2.08. The van der Waals surface area contributed by atoms with Gasteiger partial charge in [-0.3, -0.25) is 0 Å². The van der Waals surface area contributed by atoms with Gasteiger partial charge in [-0.25, -0.2) is 9.37 Å². The van der Waals surface area contributed by atoms with E-state index in [2.05, 4.69) is 20.9 Å². The number of thiazole rings is 1. The second kappa shape index (κ2) is 3.96. The zero-order valence-corrected chi connectivity index (χ0v) is 9.96. The molecule has 1 aromatic carbocycles. The lowest BCUT2D eigenvalue weighted by Gasteiger charge is -1.99. The summed E-state index contributed by atoms with van der Waals surface area (Å²) in [6.45, 7) is 0. The zero-order chi connectivity index (χ0) is 10.1. The fourth-order valence-corrected chi connectivity index (χ4v) is 2.65. The molecular weight excluding hydrogens is 289 g/mol. The molecule has 0 aliphatic heterocycles. The van der Waals surface area contributed by atoms with Crippen LogP contribution in [0.3, 0.4) is 0 Å². The summed E-state index contributed by atoms with van der Waals surface area (Å²) in [7, 11) is 0. The molecule has 0 saturated carbocycles. The second-order valence-corrected chi connectivity index (χ2v) is 4.68. The molecule has 1 heterocycles. The van der Waals surface area contributed by atoms with Gasteiger partial charge in [0.2, 0.25) is 0 Å². The Labute approximate surface area is 97.7 Å². The number of nitrogens with zero attached hydrogens (tertiary/aromatic N) is 1. The van der Waals surface area contributed by atoms with Crippen LogP contribution < -0.4 is 0 Å². The largest absolute Gasteiger partial charge is 0.229 e. The number of hydrogen-bond donors (Lipinski definition) is 0. The van der Waals surface area contributed by atoms with Crippen molar-refractivity contribution in [1.82, 2.24) is 4.98 Å². The van der Waals surface area contributed by atoms with Gasteiger partial charge in [0, 0.05) is 10.9 Å². The van der Waals surface area contributed by atoms with Crippen LogP contribution in [0.1, 0.15) is 0 Å². The van der Waals surface area contributed by atoms with Gasteiger partial charge in [0.05, 0.1) is 5.02 Å². The number of rotatable bonds is 1. The molecule has 0 radical (unpaired) electrons. The van der Waals surface area contributed by atoms with Crippen LogP contribution in [0.2, 0.25) is 5.02 Å². The summed E-state index contributed by atoms with van der Waals surface area (Å²) in [5.41, 5.74) is 0.753. The summed E-state index contributed by atoms with van der Waals surface area (Å²) in [5, 5.41) is 3.02. The molecule has 0 N–H and O–H groups in total. The summed E-state index contributed by atoms with van der Waals surface area (Å²) >= 11 is 10.6. The second-order valence-electron chi connectivity index (χ2n) is 2.60. The molecule has 1 aromatic heterocycles. The minimum Gasteiger partial charge on any atom is -0.229 e. The molecular formula is C9H4BrClFNS. The van der Waals surface area contributed by atoms with Gasteiger partial charge in [-0.1, -0.05) is 11.6 Å². The maximum atomic E-state index is 12.8. The molecule has 0 spiro atoms. The van der Waals surface area contributed by atoms with Gasteiger partial charge in [-0.15, -0.1) is 11.3 Å². The van der Waals surface area contributed by atoms with E-state index in [0.29, 0.717) is 5.02 Å². The Morgan fingerprint density at radius 1 is 1.43 bits per heavy atom. The van der Waals surface area contributed by atoms with E-state index < -0.39 is 0 Å². The van der Waals surface area contributed by atoms with Crippen LogP contribution in [0.5, 0.6) is 0 Å². The van der Waals surface area contributed by atoms with Crippen LogP contribution in [0.15, 0.2) is 28.2 Å². The van der Waals surface area contributed by atoms with Crippen LogP contribution in [0.25, 0.3) is 10.6 Å². The smallest absolute Gasteiger partial charge is 0.126 e. The first kappa shape index (κ1) is 10.1. The molecule has 0 unspecified atom stereocenters. The molecule has 0 saturated heterocycles. The van der Waals surface area contributed by atoms with Crippen molar-refractivity contribution >= 4 is 38.9 Å². The number of hydrogen-bond acceptors (Lipinski definition) is 2. The van der Waals surface area contributed by atoms with Gasteiger partial charge in [0.25, 0.3) is 0 Å². The van der Waals surface area contributed by atoms with Crippen molar-refractivity contribution < 1.29 is 4.39 Å². The molecule has 0 amide bonds. The van der Waals surface area contributed by atoms with Crippen molar-refractivity contribution in [2.24, 2.45) is 0 Å². The monoisotopic (exact) mass is 291 g/mol. The molecule has 2 rings (SSSR count).